The number of nitrogens with zero attached hydrogens (tertiary/aromatic N) is 2. The van der Waals surface area contributed by atoms with Crippen LogP contribution in [0.2, 0.25) is 0 Å². The lowest BCUT2D eigenvalue weighted by Crippen LogP contribution is -2.19. The third kappa shape index (κ3) is 3.55. The number of rotatable bonds is 5. The summed E-state index contributed by atoms with van der Waals surface area (Å²) in [5.41, 5.74) is 7.32. The Balaban J connectivity index is 2.12. The predicted octanol–water partition coefficient (Wildman–Crippen LogP) is 3.56. The number of ether oxygens (including phenoxy) is 1. The van der Waals surface area contributed by atoms with E-state index in [2.05, 4.69) is 12.0 Å². The number of hydrogen-bond acceptors (Lipinski definition) is 4. The molecule has 2 aromatic carbocycles. The van der Waals surface area contributed by atoms with Gasteiger partial charge in [-0.05, 0) is 41.8 Å². The molecule has 1 aromatic heterocycles. The highest BCUT2D eigenvalue weighted by Gasteiger charge is 2.08. The third-order valence-corrected chi connectivity index (χ3v) is 3.87. The van der Waals surface area contributed by atoms with E-state index < -0.39 is 0 Å². The quantitative estimate of drug-likeness (QED) is 0.725. The largest absolute Gasteiger partial charge is 0.493 e. The fraction of sp³-hybridized carbons (Fsp3) is 0.200. The molecule has 0 unspecified atom stereocenters. The Bertz CT molecular complexity index is 990. The number of benzene rings is 2. The highest BCUT2D eigenvalue weighted by atomic mass is 16.5. The topological polar surface area (TPSA) is 69.6 Å². The molecular weight excluding hydrogens is 314 g/mol. The first-order chi connectivity index (χ1) is 12.1. The summed E-state index contributed by atoms with van der Waals surface area (Å²) in [5, 5.41) is 6.40. The van der Waals surface area contributed by atoms with Crippen molar-refractivity contribution in [1.82, 2.24) is 4.68 Å². The molecule has 1 heterocycles. The van der Waals surface area contributed by atoms with Crippen molar-refractivity contribution >= 4 is 22.8 Å². The maximum absolute atomic E-state index is 12.1. The van der Waals surface area contributed by atoms with Crippen LogP contribution in [0.3, 0.4) is 0 Å². The molecule has 0 amide bonds. The van der Waals surface area contributed by atoms with Crippen molar-refractivity contribution in [3.05, 3.63) is 70.0 Å². The van der Waals surface area contributed by atoms with Crippen LogP contribution in [0.15, 0.2) is 58.4 Å². The Labute approximate surface area is 146 Å². The van der Waals surface area contributed by atoms with Gasteiger partial charge < -0.3 is 10.5 Å². The van der Waals surface area contributed by atoms with E-state index in [0.717, 1.165) is 34.1 Å². The third-order valence-electron chi connectivity index (χ3n) is 3.87. The van der Waals surface area contributed by atoms with E-state index in [-0.39, 0.29) is 5.56 Å². The molecule has 0 aliphatic carbocycles. The molecule has 3 rings (SSSR count). The lowest BCUT2D eigenvalue weighted by atomic mass is 10.0. The summed E-state index contributed by atoms with van der Waals surface area (Å²) >= 11 is 0. The van der Waals surface area contributed by atoms with Gasteiger partial charge in [0.15, 0.2) is 0 Å². The molecule has 2 N–H and O–H groups in total. The minimum absolute atomic E-state index is 0.259. The van der Waals surface area contributed by atoms with Crippen LogP contribution in [0.4, 0.5) is 5.82 Å². The summed E-state index contributed by atoms with van der Waals surface area (Å²) in [4.78, 5) is 12.1. The molecule has 5 nitrogen and oxygen atoms in total. The predicted molar refractivity (Wildman–Crippen MR) is 103 cm³/mol. The Morgan fingerprint density at radius 3 is 2.76 bits per heavy atom. The number of nitrogens with two attached hydrogens (primary N) is 1. The maximum atomic E-state index is 12.1. The number of pyridine rings is 1. The fourth-order valence-corrected chi connectivity index (χ4v) is 2.70. The summed E-state index contributed by atoms with van der Waals surface area (Å²) in [6, 6.07) is 15.2. The Morgan fingerprint density at radius 2 is 2.00 bits per heavy atom. The van der Waals surface area contributed by atoms with Crippen LogP contribution in [0.5, 0.6) is 5.75 Å². The molecule has 5 heteroatoms. The van der Waals surface area contributed by atoms with Gasteiger partial charge in [-0.1, -0.05) is 37.3 Å². The average molecular weight is 335 g/mol. The van der Waals surface area contributed by atoms with E-state index >= 15 is 0 Å². The highest BCUT2D eigenvalue weighted by molar-refractivity contribution is 6.02. The molecule has 0 atom stereocenters. The van der Waals surface area contributed by atoms with E-state index in [9.17, 15) is 4.79 Å². The van der Waals surface area contributed by atoms with Gasteiger partial charge in [0.25, 0.3) is 5.56 Å². The van der Waals surface area contributed by atoms with Crippen molar-refractivity contribution < 1.29 is 4.74 Å². The number of anilines is 1. The minimum atomic E-state index is -0.259. The summed E-state index contributed by atoms with van der Waals surface area (Å²) in [5.74, 6) is 1.04. The second-order valence-electron chi connectivity index (χ2n) is 5.90. The smallest absolute Gasteiger partial charge is 0.273 e. The van der Waals surface area contributed by atoms with Crippen molar-refractivity contribution in [1.29, 1.82) is 0 Å². The first kappa shape index (κ1) is 16.8. The van der Waals surface area contributed by atoms with Gasteiger partial charge in [0.05, 0.1) is 12.8 Å². The first-order valence-electron chi connectivity index (χ1n) is 8.28. The molecule has 25 heavy (non-hydrogen) atoms. The molecule has 0 spiro atoms. The summed E-state index contributed by atoms with van der Waals surface area (Å²) in [6.07, 6.45) is 2.55. The molecule has 0 fully saturated rings. The van der Waals surface area contributed by atoms with Crippen LogP contribution in [-0.4, -0.2) is 17.5 Å². The van der Waals surface area contributed by atoms with Crippen LogP contribution >= 0.6 is 0 Å². The Kier molecular flexibility index (Phi) is 4.84. The van der Waals surface area contributed by atoms with E-state index in [1.165, 1.54) is 10.7 Å². The van der Waals surface area contributed by atoms with E-state index in [0.29, 0.717) is 12.4 Å². The number of aryl methyl sites for hydroxylation is 1. The van der Waals surface area contributed by atoms with Crippen molar-refractivity contribution in [2.45, 2.75) is 20.3 Å². The summed E-state index contributed by atoms with van der Waals surface area (Å²) < 4.78 is 7.05. The van der Waals surface area contributed by atoms with Crippen LogP contribution in [0.25, 0.3) is 10.8 Å². The molecule has 0 aliphatic rings. The molecular formula is C20H21N3O2. The van der Waals surface area contributed by atoms with Crippen molar-refractivity contribution in [2.24, 2.45) is 5.10 Å². The van der Waals surface area contributed by atoms with Gasteiger partial charge in [-0.3, -0.25) is 4.79 Å². The molecule has 128 valence electrons. The molecule has 0 bridgehead atoms. The number of nitrogen functional groups attached to an aromatic ring is 1. The summed E-state index contributed by atoms with van der Waals surface area (Å²) in [7, 11) is 0. The molecule has 0 saturated heterocycles. The second-order valence-corrected chi connectivity index (χ2v) is 5.90. The van der Waals surface area contributed by atoms with Crippen LogP contribution in [0.1, 0.15) is 24.5 Å². The van der Waals surface area contributed by atoms with Gasteiger partial charge in [-0.2, -0.15) is 9.78 Å². The zero-order valence-electron chi connectivity index (χ0n) is 14.4. The molecule has 0 radical (unpaired) electrons. The monoisotopic (exact) mass is 335 g/mol. The maximum Gasteiger partial charge on any atom is 0.273 e. The SMILES string of the molecule is CCCOc1ccc2ccccc2c1/C=N\n1c(N)cc(C)cc1=O. The average Bonchev–Trinajstić information content (AvgIpc) is 2.59. The second kappa shape index (κ2) is 7.21. The number of aromatic nitrogens is 1. The van der Waals surface area contributed by atoms with E-state index in [4.69, 9.17) is 10.5 Å². The molecule has 0 saturated carbocycles. The van der Waals surface area contributed by atoms with Gasteiger partial charge in [0.2, 0.25) is 0 Å². The normalized spacial score (nSPS) is 11.3. The van der Waals surface area contributed by atoms with E-state index in [1.807, 2.05) is 43.3 Å². The molecule has 3 aromatic rings. The first-order valence-corrected chi connectivity index (χ1v) is 8.28. The zero-order valence-corrected chi connectivity index (χ0v) is 14.4. The number of fused-ring (bicyclic) bond motifs is 1. The minimum Gasteiger partial charge on any atom is -0.493 e. The van der Waals surface area contributed by atoms with Gasteiger partial charge in [0.1, 0.15) is 11.6 Å². The van der Waals surface area contributed by atoms with Crippen LogP contribution < -0.4 is 16.0 Å². The zero-order chi connectivity index (χ0) is 17.8. The van der Waals surface area contributed by atoms with Crippen LogP contribution in [-0.2, 0) is 0 Å². The lowest BCUT2D eigenvalue weighted by molar-refractivity contribution is 0.317. The Morgan fingerprint density at radius 1 is 1.20 bits per heavy atom. The Hall–Kier alpha value is -3.08. The van der Waals surface area contributed by atoms with Gasteiger partial charge in [-0.25, -0.2) is 0 Å². The summed E-state index contributed by atoms with van der Waals surface area (Å²) in [6.45, 7) is 4.50. The van der Waals surface area contributed by atoms with Crippen molar-refractivity contribution in [3.8, 4) is 5.75 Å². The van der Waals surface area contributed by atoms with Crippen LogP contribution in [0, 0.1) is 6.92 Å². The van der Waals surface area contributed by atoms with Crippen molar-refractivity contribution in [3.63, 3.8) is 0 Å². The van der Waals surface area contributed by atoms with Gasteiger partial charge in [-0.15, -0.1) is 0 Å². The van der Waals surface area contributed by atoms with Gasteiger partial charge >= 0.3 is 0 Å². The molecule has 0 aliphatic heterocycles. The van der Waals surface area contributed by atoms with Gasteiger partial charge in [0, 0.05) is 11.6 Å². The fourth-order valence-electron chi connectivity index (χ4n) is 2.70. The standard InChI is InChI=1S/C20H21N3O2/c1-3-10-25-18-9-8-15-6-4-5-7-16(15)17(18)13-22-23-19(21)11-14(2)12-20(23)24/h4-9,11-13H,3,10,21H2,1-2H3/b22-13-. The number of hydrogen-bond donors (Lipinski definition) is 1. The highest BCUT2D eigenvalue weighted by Crippen LogP contribution is 2.27. The van der Waals surface area contributed by atoms with Crippen molar-refractivity contribution in [2.75, 3.05) is 12.3 Å². The lowest BCUT2D eigenvalue weighted by Gasteiger charge is -2.11. The van der Waals surface area contributed by atoms with E-state index in [1.54, 1.807) is 12.3 Å².